The van der Waals surface area contributed by atoms with Crippen molar-refractivity contribution < 1.29 is 17.9 Å². The van der Waals surface area contributed by atoms with Crippen LogP contribution in [0, 0.1) is 0 Å². The Bertz CT molecular complexity index is 1070. The molecule has 0 aliphatic rings. The maximum absolute atomic E-state index is 13.1. The van der Waals surface area contributed by atoms with Crippen LogP contribution in [0.3, 0.4) is 0 Å². The first-order valence-electron chi connectivity index (χ1n) is 7.77. The molecule has 0 amide bonds. The topological polar surface area (TPSA) is 55.8 Å². The maximum atomic E-state index is 13.1. The van der Waals surface area contributed by atoms with Gasteiger partial charge in [-0.05, 0) is 22.9 Å². The van der Waals surface area contributed by atoms with E-state index in [2.05, 4.69) is 0 Å². The highest BCUT2D eigenvalue weighted by Crippen LogP contribution is 2.39. The van der Waals surface area contributed by atoms with Crippen LogP contribution in [-0.4, -0.2) is 29.7 Å². The lowest BCUT2D eigenvalue weighted by molar-refractivity contribution is 0.404. The number of benzene rings is 3. The summed E-state index contributed by atoms with van der Waals surface area (Å²) >= 11 is 6.11. The average molecular weight is 392 g/mol. The number of rotatable bonds is 5. The molecule has 0 saturated carbocycles. The second-order valence-corrected chi connectivity index (χ2v) is 8.02. The van der Waals surface area contributed by atoms with Crippen LogP contribution in [0.15, 0.2) is 59.5 Å². The van der Waals surface area contributed by atoms with Gasteiger partial charge in [0.1, 0.15) is 11.5 Å². The van der Waals surface area contributed by atoms with Crippen molar-refractivity contribution in [2.45, 2.75) is 4.90 Å². The van der Waals surface area contributed by atoms with Crippen molar-refractivity contribution in [1.82, 2.24) is 0 Å². The van der Waals surface area contributed by atoms with Crippen LogP contribution in [0.2, 0.25) is 5.02 Å². The third-order valence-corrected chi connectivity index (χ3v) is 6.23. The molecule has 0 aliphatic heterocycles. The molecular formula is C19H18ClNO4S. The van der Waals surface area contributed by atoms with E-state index in [1.807, 2.05) is 24.3 Å². The van der Waals surface area contributed by atoms with E-state index in [9.17, 15) is 8.42 Å². The van der Waals surface area contributed by atoms with E-state index >= 15 is 0 Å². The predicted octanol–water partition coefficient (Wildman–Crippen LogP) is 4.34. The van der Waals surface area contributed by atoms with Crippen LogP contribution in [0.4, 0.5) is 5.69 Å². The third-order valence-electron chi connectivity index (χ3n) is 4.17. The molecular weight excluding hydrogens is 374 g/mol. The van der Waals surface area contributed by atoms with E-state index < -0.39 is 10.0 Å². The molecule has 0 spiro atoms. The molecule has 7 heteroatoms. The largest absolute Gasteiger partial charge is 0.495 e. The zero-order valence-electron chi connectivity index (χ0n) is 14.6. The summed E-state index contributed by atoms with van der Waals surface area (Å²) in [5.41, 5.74) is 0.335. The van der Waals surface area contributed by atoms with E-state index in [-0.39, 0.29) is 4.90 Å². The molecule has 3 aromatic rings. The van der Waals surface area contributed by atoms with Gasteiger partial charge in [-0.2, -0.15) is 0 Å². The van der Waals surface area contributed by atoms with Crippen molar-refractivity contribution in [2.24, 2.45) is 0 Å². The highest BCUT2D eigenvalue weighted by Gasteiger charge is 2.25. The molecule has 3 aromatic carbocycles. The predicted molar refractivity (Wildman–Crippen MR) is 104 cm³/mol. The standard InChI is InChI=1S/C19H18ClNO4S/c1-21(17-12-18(24-2)16(20)11-19(17)25-3)26(22,23)15-9-8-13-6-4-5-7-14(13)10-15/h4-12H,1-3H3. The summed E-state index contributed by atoms with van der Waals surface area (Å²) in [6, 6.07) is 15.7. The fourth-order valence-electron chi connectivity index (χ4n) is 2.71. The first-order valence-corrected chi connectivity index (χ1v) is 9.59. The Hall–Kier alpha value is -2.44. The molecule has 26 heavy (non-hydrogen) atoms. The van der Waals surface area contributed by atoms with Crippen molar-refractivity contribution in [2.75, 3.05) is 25.6 Å². The minimum atomic E-state index is -3.80. The fourth-order valence-corrected chi connectivity index (χ4v) is 4.17. The molecule has 3 rings (SSSR count). The smallest absolute Gasteiger partial charge is 0.264 e. The van der Waals surface area contributed by atoms with E-state index in [1.165, 1.54) is 27.3 Å². The molecule has 0 atom stereocenters. The van der Waals surface area contributed by atoms with Gasteiger partial charge in [-0.1, -0.05) is 41.9 Å². The van der Waals surface area contributed by atoms with Gasteiger partial charge in [0.05, 0.1) is 29.8 Å². The van der Waals surface area contributed by atoms with Gasteiger partial charge in [-0.15, -0.1) is 0 Å². The summed E-state index contributed by atoms with van der Waals surface area (Å²) in [6.07, 6.45) is 0. The van der Waals surface area contributed by atoms with Crippen LogP contribution in [-0.2, 0) is 10.0 Å². The summed E-state index contributed by atoms with van der Waals surface area (Å²) in [6.45, 7) is 0. The van der Waals surface area contributed by atoms with Crippen LogP contribution in [0.1, 0.15) is 0 Å². The zero-order chi connectivity index (χ0) is 18.9. The fraction of sp³-hybridized carbons (Fsp3) is 0.158. The van der Waals surface area contributed by atoms with Gasteiger partial charge in [0.15, 0.2) is 0 Å². The van der Waals surface area contributed by atoms with Crippen LogP contribution in [0.5, 0.6) is 11.5 Å². The first kappa shape index (κ1) is 18.4. The lowest BCUT2D eigenvalue weighted by Crippen LogP contribution is -2.27. The number of anilines is 1. The van der Waals surface area contributed by atoms with E-state index in [0.29, 0.717) is 22.2 Å². The summed E-state index contributed by atoms with van der Waals surface area (Å²) in [5.74, 6) is 0.700. The number of halogens is 1. The van der Waals surface area contributed by atoms with Crippen LogP contribution >= 0.6 is 11.6 Å². The highest BCUT2D eigenvalue weighted by atomic mass is 35.5. The Morgan fingerprint density at radius 2 is 1.54 bits per heavy atom. The van der Waals surface area contributed by atoms with Gasteiger partial charge in [-0.25, -0.2) is 8.42 Å². The molecule has 0 bridgehead atoms. The number of hydrogen-bond acceptors (Lipinski definition) is 4. The third kappa shape index (κ3) is 3.18. The zero-order valence-corrected chi connectivity index (χ0v) is 16.1. The first-order chi connectivity index (χ1) is 12.4. The minimum Gasteiger partial charge on any atom is -0.495 e. The number of methoxy groups -OCH3 is 2. The molecule has 0 heterocycles. The Labute approximate surface area is 157 Å². The molecule has 0 aliphatic carbocycles. The minimum absolute atomic E-state index is 0.190. The number of fused-ring (bicyclic) bond motifs is 1. The lowest BCUT2D eigenvalue weighted by Gasteiger charge is -2.23. The van der Waals surface area contributed by atoms with Crippen molar-refractivity contribution in [3.8, 4) is 11.5 Å². The molecule has 0 unspecified atom stereocenters. The van der Waals surface area contributed by atoms with Gasteiger partial charge in [-0.3, -0.25) is 4.31 Å². The van der Waals surface area contributed by atoms with Gasteiger partial charge in [0.2, 0.25) is 0 Å². The monoisotopic (exact) mass is 391 g/mol. The molecule has 0 N–H and O–H groups in total. The van der Waals surface area contributed by atoms with E-state index in [4.69, 9.17) is 21.1 Å². The van der Waals surface area contributed by atoms with Gasteiger partial charge in [0.25, 0.3) is 10.0 Å². The average Bonchev–Trinajstić information content (AvgIpc) is 2.66. The normalized spacial score (nSPS) is 11.4. The summed E-state index contributed by atoms with van der Waals surface area (Å²) in [7, 11) is 0.593. The molecule has 5 nitrogen and oxygen atoms in total. The highest BCUT2D eigenvalue weighted by molar-refractivity contribution is 7.92. The number of ether oxygens (including phenoxy) is 2. The quantitative estimate of drug-likeness (QED) is 0.649. The molecule has 0 fully saturated rings. The molecule has 0 aromatic heterocycles. The van der Waals surface area contributed by atoms with Crippen molar-refractivity contribution in [1.29, 1.82) is 0 Å². The number of nitrogens with zero attached hydrogens (tertiary/aromatic N) is 1. The lowest BCUT2D eigenvalue weighted by atomic mass is 10.1. The number of hydrogen-bond donors (Lipinski definition) is 0. The second-order valence-electron chi connectivity index (χ2n) is 5.64. The SMILES string of the molecule is COc1cc(N(C)S(=O)(=O)c2ccc3ccccc3c2)c(OC)cc1Cl. The van der Waals surface area contributed by atoms with Crippen LogP contribution < -0.4 is 13.8 Å². The molecule has 0 saturated heterocycles. The van der Waals surface area contributed by atoms with Gasteiger partial charge >= 0.3 is 0 Å². The molecule has 136 valence electrons. The molecule has 0 radical (unpaired) electrons. The Morgan fingerprint density at radius 3 is 2.19 bits per heavy atom. The Balaban J connectivity index is 2.11. The number of sulfonamides is 1. The van der Waals surface area contributed by atoms with E-state index in [0.717, 1.165) is 15.1 Å². The van der Waals surface area contributed by atoms with Crippen LogP contribution in [0.25, 0.3) is 10.8 Å². The Morgan fingerprint density at radius 1 is 0.885 bits per heavy atom. The van der Waals surface area contributed by atoms with Gasteiger partial charge < -0.3 is 9.47 Å². The van der Waals surface area contributed by atoms with Crippen molar-refractivity contribution in [3.05, 3.63) is 59.6 Å². The van der Waals surface area contributed by atoms with E-state index in [1.54, 1.807) is 24.3 Å². The Kier molecular flexibility index (Phi) is 4.98. The van der Waals surface area contributed by atoms with Crippen molar-refractivity contribution in [3.63, 3.8) is 0 Å². The second kappa shape index (κ2) is 7.05. The summed E-state index contributed by atoms with van der Waals surface area (Å²) in [5, 5.41) is 2.16. The summed E-state index contributed by atoms with van der Waals surface area (Å²) in [4.78, 5) is 0.190. The summed E-state index contributed by atoms with van der Waals surface area (Å²) < 4.78 is 37.9. The maximum Gasteiger partial charge on any atom is 0.264 e. The van der Waals surface area contributed by atoms with Crippen molar-refractivity contribution >= 4 is 38.1 Å². The van der Waals surface area contributed by atoms with Gasteiger partial charge in [0, 0.05) is 19.2 Å².